The van der Waals surface area contributed by atoms with Gasteiger partial charge < -0.3 is 20.1 Å². The maximum absolute atomic E-state index is 12.8. The molecular weight excluding hydrogens is 408 g/mol. The van der Waals surface area contributed by atoms with Crippen molar-refractivity contribution in [2.24, 2.45) is 5.92 Å². The van der Waals surface area contributed by atoms with Crippen LogP contribution in [0, 0.1) is 5.92 Å². The second-order valence-corrected chi connectivity index (χ2v) is 7.19. The third-order valence-electron chi connectivity index (χ3n) is 4.12. The largest absolute Gasteiger partial charge is 0.482 e. The van der Waals surface area contributed by atoms with Crippen LogP contribution in [0.2, 0.25) is 5.02 Å². The summed E-state index contributed by atoms with van der Waals surface area (Å²) in [6.45, 7) is 5.41. The molecule has 2 aromatic rings. The van der Waals surface area contributed by atoms with Crippen molar-refractivity contribution in [1.29, 1.82) is 0 Å². The second kappa shape index (κ2) is 11.2. The third-order valence-corrected chi connectivity index (χ3v) is 4.45. The van der Waals surface area contributed by atoms with Crippen molar-refractivity contribution < 1.29 is 23.9 Å². The van der Waals surface area contributed by atoms with Gasteiger partial charge in [0.05, 0.1) is 17.2 Å². The van der Waals surface area contributed by atoms with Gasteiger partial charge in [0.15, 0.2) is 6.61 Å². The van der Waals surface area contributed by atoms with Crippen LogP contribution in [0.15, 0.2) is 48.5 Å². The topological polar surface area (TPSA) is 93.7 Å². The molecule has 1 atom stereocenters. The Balaban J connectivity index is 2.04. The number of anilines is 1. The van der Waals surface area contributed by atoms with Gasteiger partial charge in [-0.2, -0.15) is 0 Å². The highest BCUT2D eigenvalue weighted by atomic mass is 35.5. The summed E-state index contributed by atoms with van der Waals surface area (Å²) in [6.07, 6.45) is 0. The van der Waals surface area contributed by atoms with Crippen LogP contribution in [0.3, 0.4) is 0 Å². The maximum atomic E-state index is 12.8. The molecule has 0 radical (unpaired) electrons. The van der Waals surface area contributed by atoms with E-state index in [1.807, 2.05) is 13.8 Å². The monoisotopic (exact) mass is 432 g/mol. The Morgan fingerprint density at radius 2 is 1.80 bits per heavy atom. The fraction of sp³-hybridized carbons (Fsp3) is 0.318. The number of amides is 2. The number of hydrogen-bond donors (Lipinski definition) is 2. The van der Waals surface area contributed by atoms with Crippen LogP contribution in [-0.4, -0.2) is 37.0 Å². The summed E-state index contributed by atoms with van der Waals surface area (Å²) in [5.74, 6) is -1.05. The summed E-state index contributed by atoms with van der Waals surface area (Å²) < 4.78 is 10.2. The van der Waals surface area contributed by atoms with Crippen molar-refractivity contribution in [3.8, 4) is 5.75 Å². The summed E-state index contributed by atoms with van der Waals surface area (Å²) in [4.78, 5) is 36.8. The van der Waals surface area contributed by atoms with E-state index in [-0.39, 0.29) is 25.0 Å². The quantitative estimate of drug-likeness (QED) is 0.589. The van der Waals surface area contributed by atoms with Gasteiger partial charge in [-0.3, -0.25) is 9.59 Å². The van der Waals surface area contributed by atoms with Crippen LogP contribution < -0.4 is 15.4 Å². The van der Waals surface area contributed by atoms with E-state index in [1.165, 1.54) is 0 Å². The fourth-order valence-corrected chi connectivity index (χ4v) is 2.85. The number of nitrogens with one attached hydrogen (secondary N) is 2. The minimum absolute atomic E-state index is 0.167. The molecule has 0 aliphatic carbocycles. The number of halogens is 1. The predicted octanol–water partition coefficient (Wildman–Crippen LogP) is 3.68. The van der Waals surface area contributed by atoms with Gasteiger partial charge in [-0.1, -0.05) is 43.6 Å². The van der Waals surface area contributed by atoms with E-state index in [0.717, 1.165) is 0 Å². The zero-order chi connectivity index (χ0) is 22.1. The molecule has 0 saturated heterocycles. The standard InChI is InChI=1S/C22H25ClN2O5/c1-4-29-19(26)13-30-16-9-7-8-15(12-16)24-22(28)20(14(2)3)25-21(27)17-10-5-6-11-18(17)23/h5-12,14,20H,4,13H2,1-3H3,(H,24,28)(H,25,27). The number of carbonyl (C=O) groups excluding carboxylic acids is 3. The van der Waals surface area contributed by atoms with Crippen molar-refractivity contribution >= 4 is 35.1 Å². The number of ether oxygens (including phenoxy) is 2. The minimum Gasteiger partial charge on any atom is -0.482 e. The molecule has 2 N–H and O–H groups in total. The average Bonchev–Trinajstić information content (AvgIpc) is 2.71. The Hall–Kier alpha value is -3.06. The van der Waals surface area contributed by atoms with Crippen LogP contribution in [0.1, 0.15) is 31.1 Å². The number of rotatable bonds is 9. The van der Waals surface area contributed by atoms with Gasteiger partial charge in [0, 0.05) is 11.8 Å². The summed E-state index contributed by atoms with van der Waals surface area (Å²) >= 11 is 6.07. The zero-order valence-corrected chi connectivity index (χ0v) is 17.9. The highest BCUT2D eigenvalue weighted by molar-refractivity contribution is 6.33. The Morgan fingerprint density at radius 1 is 1.07 bits per heavy atom. The average molecular weight is 433 g/mol. The lowest BCUT2D eigenvalue weighted by Crippen LogP contribution is -2.47. The number of esters is 1. The fourth-order valence-electron chi connectivity index (χ4n) is 2.63. The van der Waals surface area contributed by atoms with E-state index in [1.54, 1.807) is 55.5 Å². The van der Waals surface area contributed by atoms with Gasteiger partial charge in [-0.05, 0) is 37.1 Å². The van der Waals surface area contributed by atoms with E-state index < -0.39 is 17.9 Å². The summed E-state index contributed by atoms with van der Waals surface area (Å²) in [5, 5.41) is 5.81. The molecule has 0 heterocycles. The van der Waals surface area contributed by atoms with E-state index >= 15 is 0 Å². The Kier molecular flexibility index (Phi) is 8.68. The lowest BCUT2D eigenvalue weighted by molar-refractivity contribution is -0.145. The van der Waals surface area contributed by atoms with Gasteiger partial charge in [-0.25, -0.2) is 4.79 Å². The molecule has 30 heavy (non-hydrogen) atoms. The Bertz CT molecular complexity index is 901. The molecule has 160 valence electrons. The van der Waals surface area contributed by atoms with Crippen molar-refractivity contribution in [2.75, 3.05) is 18.5 Å². The summed E-state index contributed by atoms with van der Waals surface area (Å²) in [6, 6.07) is 12.5. The lowest BCUT2D eigenvalue weighted by Gasteiger charge is -2.22. The SMILES string of the molecule is CCOC(=O)COc1cccc(NC(=O)C(NC(=O)c2ccccc2Cl)C(C)C)c1. The number of carbonyl (C=O) groups is 3. The minimum atomic E-state index is -0.780. The molecule has 0 aromatic heterocycles. The zero-order valence-electron chi connectivity index (χ0n) is 17.1. The smallest absolute Gasteiger partial charge is 0.344 e. The Labute approximate surface area is 180 Å². The van der Waals surface area contributed by atoms with Crippen LogP contribution in [-0.2, 0) is 14.3 Å². The van der Waals surface area contributed by atoms with Gasteiger partial charge in [0.1, 0.15) is 11.8 Å². The van der Waals surface area contributed by atoms with E-state index in [0.29, 0.717) is 22.0 Å². The number of benzene rings is 2. The summed E-state index contributed by atoms with van der Waals surface area (Å²) in [7, 11) is 0. The molecule has 2 aromatic carbocycles. The molecule has 1 unspecified atom stereocenters. The molecule has 2 rings (SSSR count). The second-order valence-electron chi connectivity index (χ2n) is 6.79. The van der Waals surface area contributed by atoms with Crippen LogP contribution in [0.5, 0.6) is 5.75 Å². The first kappa shape index (κ1) is 23.2. The highest BCUT2D eigenvalue weighted by Crippen LogP contribution is 2.19. The first-order chi connectivity index (χ1) is 14.3. The van der Waals surface area contributed by atoms with Crippen LogP contribution in [0.25, 0.3) is 0 Å². The van der Waals surface area contributed by atoms with Gasteiger partial charge in [-0.15, -0.1) is 0 Å². The molecule has 0 aliphatic heterocycles. The van der Waals surface area contributed by atoms with Gasteiger partial charge in [0.25, 0.3) is 5.91 Å². The first-order valence-corrected chi connectivity index (χ1v) is 9.94. The highest BCUT2D eigenvalue weighted by Gasteiger charge is 2.25. The molecule has 7 nitrogen and oxygen atoms in total. The first-order valence-electron chi connectivity index (χ1n) is 9.56. The van der Waals surface area contributed by atoms with Crippen molar-refractivity contribution in [1.82, 2.24) is 5.32 Å². The predicted molar refractivity (Wildman–Crippen MR) is 115 cm³/mol. The third kappa shape index (κ3) is 6.77. The maximum Gasteiger partial charge on any atom is 0.344 e. The molecule has 0 fully saturated rings. The molecule has 2 amide bonds. The molecule has 8 heteroatoms. The van der Waals surface area contributed by atoms with E-state index in [4.69, 9.17) is 21.1 Å². The summed E-state index contributed by atoms with van der Waals surface area (Å²) in [5.41, 5.74) is 0.769. The van der Waals surface area contributed by atoms with Crippen molar-refractivity contribution in [2.45, 2.75) is 26.8 Å². The van der Waals surface area contributed by atoms with E-state index in [2.05, 4.69) is 10.6 Å². The van der Waals surface area contributed by atoms with E-state index in [9.17, 15) is 14.4 Å². The Morgan fingerprint density at radius 3 is 2.47 bits per heavy atom. The molecular formula is C22H25ClN2O5. The van der Waals surface area contributed by atoms with Crippen LogP contribution >= 0.6 is 11.6 Å². The van der Waals surface area contributed by atoms with Crippen LogP contribution in [0.4, 0.5) is 5.69 Å². The molecule has 0 aliphatic rings. The van der Waals surface area contributed by atoms with Crippen molar-refractivity contribution in [3.05, 3.63) is 59.1 Å². The normalized spacial score (nSPS) is 11.5. The number of hydrogen-bond acceptors (Lipinski definition) is 5. The van der Waals surface area contributed by atoms with Gasteiger partial charge >= 0.3 is 5.97 Å². The molecule has 0 bridgehead atoms. The molecule has 0 saturated carbocycles. The molecule has 0 spiro atoms. The lowest BCUT2D eigenvalue weighted by atomic mass is 10.0. The van der Waals surface area contributed by atoms with Gasteiger partial charge in [0.2, 0.25) is 5.91 Å². The van der Waals surface area contributed by atoms with Crippen molar-refractivity contribution in [3.63, 3.8) is 0 Å².